The second-order valence-electron chi connectivity index (χ2n) is 5.47. The van der Waals surface area contributed by atoms with Gasteiger partial charge in [0.05, 0.1) is 0 Å². The molecule has 2 N–H and O–H groups in total. The summed E-state index contributed by atoms with van der Waals surface area (Å²) in [5, 5.41) is 0. The lowest BCUT2D eigenvalue weighted by Gasteiger charge is -2.33. The van der Waals surface area contributed by atoms with Crippen LogP contribution < -0.4 is 5.73 Å². The van der Waals surface area contributed by atoms with Crippen molar-refractivity contribution in [3.05, 3.63) is 35.6 Å². The molecule has 2 rings (SSSR count). The molecule has 1 aliphatic rings. The van der Waals surface area contributed by atoms with E-state index in [1.54, 1.807) is 19.2 Å². The van der Waals surface area contributed by atoms with E-state index in [4.69, 9.17) is 5.73 Å². The van der Waals surface area contributed by atoms with Gasteiger partial charge in [-0.15, -0.1) is 0 Å². The minimum Gasteiger partial charge on any atom is -0.330 e. The molecular formula is C14H22FN3O2S. The molecule has 1 heterocycles. The average Bonchev–Trinajstić information content (AvgIpc) is 2.49. The molecule has 7 heteroatoms. The minimum atomic E-state index is -3.47. The molecule has 0 spiro atoms. The van der Waals surface area contributed by atoms with E-state index in [1.807, 2.05) is 0 Å². The highest BCUT2D eigenvalue weighted by Crippen LogP contribution is 2.21. The molecule has 1 saturated heterocycles. The molecule has 0 bridgehead atoms. The molecule has 1 fully saturated rings. The summed E-state index contributed by atoms with van der Waals surface area (Å²) in [6, 6.07) is 5.87. The first kappa shape index (κ1) is 16.4. The zero-order chi connectivity index (χ0) is 15.5. The van der Waals surface area contributed by atoms with Crippen molar-refractivity contribution in [3.8, 4) is 0 Å². The summed E-state index contributed by atoms with van der Waals surface area (Å²) in [5.74, 6) is 0.0898. The van der Waals surface area contributed by atoms with Crippen molar-refractivity contribution in [1.82, 2.24) is 8.61 Å². The van der Waals surface area contributed by atoms with E-state index in [9.17, 15) is 12.8 Å². The minimum absolute atomic E-state index is 0.236. The van der Waals surface area contributed by atoms with Gasteiger partial charge >= 0.3 is 0 Å². The number of hydrogen-bond acceptors (Lipinski definition) is 3. The Hall–Kier alpha value is -1.02. The highest BCUT2D eigenvalue weighted by molar-refractivity contribution is 7.86. The van der Waals surface area contributed by atoms with E-state index < -0.39 is 10.2 Å². The van der Waals surface area contributed by atoms with Crippen molar-refractivity contribution in [1.29, 1.82) is 0 Å². The highest BCUT2D eigenvalue weighted by Gasteiger charge is 2.30. The third-order valence-corrected chi connectivity index (χ3v) is 5.88. The van der Waals surface area contributed by atoms with Crippen molar-refractivity contribution in [2.45, 2.75) is 19.4 Å². The molecule has 0 amide bonds. The summed E-state index contributed by atoms with van der Waals surface area (Å²) in [5.41, 5.74) is 6.39. The Morgan fingerprint density at radius 3 is 2.38 bits per heavy atom. The Morgan fingerprint density at radius 2 is 1.86 bits per heavy atom. The Labute approximate surface area is 125 Å². The van der Waals surface area contributed by atoms with Gasteiger partial charge in [0, 0.05) is 26.7 Å². The van der Waals surface area contributed by atoms with Gasteiger partial charge in [-0.3, -0.25) is 0 Å². The van der Waals surface area contributed by atoms with E-state index in [0.29, 0.717) is 25.6 Å². The number of halogens is 1. The third-order valence-electron chi connectivity index (χ3n) is 3.95. The zero-order valence-electron chi connectivity index (χ0n) is 12.2. The first-order valence-corrected chi connectivity index (χ1v) is 8.49. The van der Waals surface area contributed by atoms with Crippen molar-refractivity contribution in [2.24, 2.45) is 11.7 Å². The third kappa shape index (κ3) is 4.00. The summed E-state index contributed by atoms with van der Waals surface area (Å²) in [4.78, 5) is 0. The first-order chi connectivity index (χ1) is 9.93. The van der Waals surface area contributed by atoms with Crippen LogP contribution in [0, 0.1) is 11.7 Å². The molecule has 118 valence electrons. The lowest BCUT2D eigenvalue weighted by molar-refractivity contribution is 0.262. The van der Waals surface area contributed by atoms with Crippen LogP contribution in [-0.2, 0) is 16.8 Å². The molecule has 0 aliphatic carbocycles. The Balaban J connectivity index is 2.00. The molecule has 0 aromatic heterocycles. The van der Waals surface area contributed by atoms with E-state index in [2.05, 4.69) is 0 Å². The molecule has 0 atom stereocenters. The number of piperidine rings is 1. The summed E-state index contributed by atoms with van der Waals surface area (Å²) >= 11 is 0. The lowest BCUT2D eigenvalue weighted by Crippen LogP contribution is -2.46. The van der Waals surface area contributed by atoms with Crippen molar-refractivity contribution >= 4 is 10.2 Å². The molecule has 0 saturated carbocycles. The Bertz CT molecular complexity index is 554. The quantitative estimate of drug-likeness (QED) is 0.887. The number of benzene rings is 1. The predicted octanol–water partition coefficient (Wildman–Crippen LogP) is 1.17. The fraction of sp³-hybridized carbons (Fsp3) is 0.571. The van der Waals surface area contributed by atoms with E-state index in [1.165, 1.54) is 20.7 Å². The average molecular weight is 315 g/mol. The van der Waals surface area contributed by atoms with Crippen molar-refractivity contribution < 1.29 is 12.8 Å². The predicted molar refractivity (Wildman–Crippen MR) is 80.1 cm³/mol. The van der Waals surface area contributed by atoms with Gasteiger partial charge in [-0.2, -0.15) is 17.0 Å². The maximum Gasteiger partial charge on any atom is 0.282 e. The van der Waals surface area contributed by atoms with E-state index >= 15 is 0 Å². The summed E-state index contributed by atoms with van der Waals surface area (Å²) in [7, 11) is -1.92. The van der Waals surface area contributed by atoms with E-state index in [0.717, 1.165) is 18.4 Å². The fourth-order valence-electron chi connectivity index (χ4n) is 2.50. The molecule has 1 aromatic rings. The number of nitrogens with zero attached hydrogens (tertiary/aromatic N) is 2. The van der Waals surface area contributed by atoms with Gasteiger partial charge in [0.2, 0.25) is 0 Å². The van der Waals surface area contributed by atoms with Gasteiger partial charge in [-0.25, -0.2) is 4.39 Å². The zero-order valence-corrected chi connectivity index (χ0v) is 13.0. The van der Waals surface area contributed by atoms with Gasteiger partial charge in [0.15, 0.2) is 0 Å². The summed E-state index contributed by atoms with van der Waals surface area (Å²) < 4.78 is 40.7. The van der Waals surface area contributed by atoms with Gasteiger partial charge in [-0.05, 0) is 43.0 Å². The van der Waals surface area contributed by atoms with Crippen LogP contribution in [0.5, 0.6) is 0 Å². The first-order valence-electron chi connectivity index (χ1n) is 7.09. The largest absolute Gasteiger partial charge is 0.330 e. The SMILES string of the molecule is CN(Cc1ccc(F)cc1)S(=O)(=O)N1CCC(CN)CC1. The summed E-state index contributed by atoms with van der Waals surface area (Å²) in [6.07, 6.45) is 1.61. The fourth-order valence-corrected chi connectivity index (χ4v) is 3.88. The molecule has 0 unspecified atom stereocenters. The lowest BCUT2D eigenvalue weighted by atomic mass is 9.99. The molecule has 5 nitrogen and oxygen atoms in total. The van der Waals surface area contributed by atoms with Gasteiger partial charge in [-0.1, -0.05) is 12.1 Å². The van der Waals surface area contributed by atoms with Crippen LogP contribution in [0.2, 0.25) is 0 Å². The smallest absolute Gasteiger partial charge is 0.282 e. The molecule has 0 radical (unpaired) electrons. The van der Waals surface area contributed by atoms with Crippen molar-refractivity contribution in [2.75, 3.05) is 26.7 Å². The van der Waals surface area contributed by atoms with Gasteiger partial charge < -0.3 is 5.73 Å². The van der Waals surface area contributed by atoms with Crippen LogP contribution in [0.15, 0.2) is 24.3 Å². The van der Waals surface area contributed by atoms with Gasteiger partial charge in [0.1, 0.15) is 5.82 Å². The standard InChI is InChI=1S/C14H22FN3O2S/c1-17(11-13-2-4-14(15)5-3-13)21(19,20)18-8-6-12(10-16)7-9-18/h2-5,12H,6-11,16H2,1H3. The second kappa shape index (κ2) is 6.83. The van der Waals surface area contributed by atoms with Crippen LogP contribution in [0.3, 0.4) is 0 Å². The van der Waals surface area contributed by atoms with Crippen LogP contribution in [0.1, 0.15) is 18.4 Å². The Morgan fingerprint density at radius 1 is 1.29 bits per heavy atom. The molecular weight excluding hydrogens is 293 g/mol. The number of hydrogen-bond donors (Lipinski definition) is 1. The highest BCUT2D eigenvalue weighted by atomic mass is 32.2. The normalized spacial score (nSPS) is 18.3. The van der Waals surface area contributed by atoms with Crippen LogP contribution in [0.25, 0.3) is 0 Å². The Kier molecular flexibility index (Phi) is 5.32. The maximum atomic E-state index is 12.9. The molecule has 21 heavy (non-hydrogen) atoms. The number of nitrogens with two attached hydrogens (primary N) is 1. The van der Waals surface area contributed by atoms with Crippen molar-refractivity contribution in [3.63, 3.8) is 0 Å². The maximum absolute atomic E-state index is 12.9. The second-order valence-corrected chi connectivity index (χ2v) is 7.50. The summed E-state index contributed by atoms with van der Waals surface area (Å²) in [6.45, 7) is 1.87. The van der Waals surface area contributed by atoms with Crippen LogP contribution in [0.4, 0.5) is 4.39 Å². The monoisotopic (exact) mass is 315 g/mol. The van der Waals surface area contributed by atoms with Crippen LogP contribution in [-0.4, -0.2) is 43.7 Å². The van der Waals surface area contributed by atoms with E-state index in [-0.39, 0.29) is 12.4 Å². The number of rotatable bonds is 5. The molecule has 1 aliphatic heterocycles. The topological polar surface area (TPSA) is 66.6 Å². The van der Waals surface area contributed by atoms with Crippen LogP contribution >= 0.6 is 0 Å². The van der Waals surface area contributed by atoms with Gasteiger partial charge in [0.25, 0.3) is 10.2 Å². The molecule has 1 aromatic carbocycles.